The molecule has 1 rings (SSSR count). The molecule has 1 N–H and O–H groups in total. The van der Waals surface area contributed by atoms with Crippen molar-refractivity contribution >= 4 is 0 Å². The minimum Gasteiger partial charge on any atom is -0.480 e. The van der Waals surface area contributed by atoms with Crippen LogP contribution in [-0.2, 0) is 0 Å². The molecule has 0 bridgehead atoms. The predicted octanol–water partition coefficient (Wildman–Crippen LogP) is 0.661. The maximum Gasteiger partial charge on any atom is 0.229 e. The maximum absolute atomic E-state index is 5.04. The molecular weight excluding hydrogens is 164 g/mol. The zero-order valence-electron chi connectivity index (χ0n) is 7.79. The minimum absolute atomic E-state index is 0.575. The van der Waals surface area contributed by atoms with Crippen LogP contribution in [-0.4, -0.2) is 25.7 Å². The molecule has 3 nitrogen and oxygen atoms in total. The van der Waals surface area contributed by atoms with E-state index in [0.717, 1.165) is 5.56 Å². The Labute approximate surface area is 78.1 Å². The highest BCUT2D eigenvalue weighted by molar-refractivity contribution is 5.41. The van der Waals surface area contributed by atoms with Gasteiger partial charge in [-0.25, -0.2) is 4.98 Å². The summed E-state index contributed by atoms with van der Waals surface area (Å²) in [6.45, 7) is 0.665. The second-order valence-corrected chi connectivity index (χ2v) is 2.39. The lowest BCUT2D eigenvalue weighted by Crippen LogP contribution is -2.04. The second-order valence-electron chi connectivity index (χ2n) is 2.39. The molecule has 68 valence electrons. The van der Waals surface area contributed by atoms with Crippen molar-refractivity contribution in [2.24, 2.45) is 0 Å². The molecule has 1 aromatic rings. The summed E-state index contributed by atoms with van der Waals surface area (Å²) in [6.07, 6.45) is 1.68. The molecule has 0 saturated carbocycles. The Balaban J connectivity index is 2.82. The average Bonchev–Trinajstić information content (AvgIpc) is 2.19. The summed E-state index contributed by atoms with van der Waals surface area (Å²) < 4.78 is 5.04. The number of hydrogen-bond donors (Lipinski definition) is 1. The minimum atomic E-state index is 0.575. The lowest BCUT2D eigenvalue weighted by Gasteiger charge is -1.99. The van der Waals surface area contributed by atoms with E-state index in [-0.39, 0.29) is 0 Å². The van der Waals surface area contributed by atoms with Crippen LogP contribution in [0, 0.1) is 11.8 Å². The van der Waals surface area contributed by atoms with Gasteiger partial charge in [0, 0.05) is 6.20 Å². The first kappa shape index (κ1) is 9.56. The lowest BCUT2D eigenvalue weighted by atomic mass is 10.3. The van der Waals surface area contributed by atoms with Gasteiger partial charge in [0.1, 0.15) is 0 Å². The number of aromatic nitrogens is 1. The van der Waals surface area contributed by atoms with E-state index in [2.05, 4.69) is 22.1 Å². The van der Waals surface area contributed by atoms with Crippen molar-refractivity contribution in [2.75, 3.05) is 20.7 Å². The van der Waals surface area contributed by atoms with E-state index in [1.54, 1.807) is 13.3 Å². The van der Waals surface area contributed by atoms with Crippen molar-refractivity contribution in [2.45, 2.75) is 0 Å². The maximum atomic E-state index is 5.04. The summed E-state index contributed by atoms with van der Waals surface area (Å²) in [6, 6.07) is 3.72. The fraction of sp³-hybridized carbons (Fsp3) is 0.300. The number of nitrogens with zero attached hydrogens (tertiary/aromatic N) is 1. The van der Waals surface area contributed by atoms with E-state index in [1.165, 1.54) is 0 Å². The highest BCUT2D eigenvalue weighted by Crippen LogP contribution is 2.10. The van der Waals surface area contributed by atoms with Crippen LogP contribution in [0.3, 0.4) is 0 Å². The number of ether oxygens (including phenoxy) is 1. The predicted molar refractivity (Wildman–Crippen MR) is 51.6 cm³/mol. The first-order chi connectivity index (χ1) is 6.38. The Kier molecular flexibility index (Phi) is 3.80. The fourth-order valence-electron chi connectivity index (χ4n) is 0.876. The Bertz CT molecular complexity index is 325. The van der Waals surface area contributed by atoms with E-state index < -0.39 is 0 Å². The molecule has 3 heteroatoms. The first-order valence-corrected chi connectivity index (χ1v) is 4.01. The van der Waals surface area contributed by atoms with Crippen LogP contribution in [0.4, 0.5) is 0 Å². The summed E-state index contributed by atoms with van der Waals surface area (Å²) >= 11 is 0. The van der Waals surface area contributed by atoms with Gasteiger partial charge in [-0.1, -0.05) is 11.8 Å². The van der Waals surface area contributed by atoms with Gasteiger partial charge in [0.05, 0.1) is 19.2 Å². The Morgan fingerprint density at radius 3 is 3.15 bits per heavy atom. The lowest BCUT2D eigenvalue weighted by molar-refractivity contribution is 0.396. The molecule has 0 saturated heterocycles. The largest absolute Gasteiger partial charge is 0.480 e. The molecule has 0 amide bonds. The van der Waals surface area contributed by atoms with Crippen LogP contribution in [0.1, 0.15) is 5.56 Å². The smallest absolute Gasteiger partial charge is 0.229 e. The van der Waals surface area contributed by atoms with Gasteiger partial charge in [0.25, 0.3) is 0 Å². The van der Waals surface area contributed by atoms with E-state index >= 15 is 0 Å². The summed E-state index contributed by atoms with van der Waals surface area (Å²) in [7, 11) is 3.45. The van der Waals surface area contributed by atoms with Crippen LogP contribution in [0.25, 0.3) is 0 Å². The highest BCUT2D eigenvalue weighted by Gasteiger charge is 1.97. The third-order valence-corrected chi connectivity index (χ3v) is 1.45. The van der Waals surface area contributed by atoms with Gasteiger partial charge >= 0.3 is 0 Å². The van der Waals surface area contributed by atoms with Crippen LogP contribution in [0.2, 0.25) is 0 Å². The molecule has 0 aliphatic rings. The zero-order chi connectivity index (χ0) is 9.52. The Morgan fingerprint density at radius 1 is 1.62 bits per heavy atom. The first-order valence-electron chi connectivity index (χ1n) is 4.01. The van der Waals surface area contributed by atoms with Crippen LogP contribution >= 0.6 is 0 Å². The molecule has 1 aromatic heterocycles. The monoisotopic (exact) mass is 176 g/mol. The SMILES string of the molecule is CNCC#Cc1cccnc1OC. The molecule has 0 aliphatic heterocycles. The molecule has 0 aliphatic carbocycles. The Morgan fingerprint density at radius 2 is 2.46 bits per heavy atom. The molecule has 1 heterocycles. The summed E-state index contributed by atoms with van der Waals surface area (Å²) in [4.78, 5) is 4.03. The zero-order valence-corrected chi connectivity index (χ0v) is 7.79. The van der Waals surface area contributed by atoms with Crippen molar-refractivity contribution in [3.8, 4) is 17.7 Å². The third kappa shape index (κ3) is 2.77. The third-order valence-electron chi connectivity index (χ3n) is 1.45. The quantitative estimate of drug-likeness (QED) is 0.672. The topological polar surface area (TPSA) is 34.2 Å². The van der Waals surface area contributed by atoms with Crippen LogP contribution in [0.5, 0.6) is 5.88 Å². The van der Waals surface area contributed by atoms with Gasteiger partial charge in [0.2, 0.25) is 5.88 Å². The molecule has 0 aromatic carbocycles. The van der Waals surface area contributed by atoms with Crippen LogP contribution < -0.4 is 10.1 Å². The van der Waals surface area contributed by atoms with Gasteiger partial charge in [-0.15, -0.1) is 0 Å². The normalized spacial score (nSPS) is 8.77. The molecule has 0 spiro atoms. The average molecular weight is 176 g/mol. The number of pyridine rings is 1. The van der Waals surface area contributed by atoms with Crippen molar-refractivity contribution in [1.82, 2.24) is 10.3 Å². The van der Waals surface area contributed by atoms with Gasteiger partial charge in [-0.05, 0) is 19.2 Å². The van der Waals surface area contributed by atoms with E-state index in [4.69, 9.17) is 4.74 Å². The van der Waals surface area contributed by atoms with Gasteiger partial charge in [-0.3, -0.25) is 0 Å². The molecule has 0 atom stereocenters. The molecule has 13 heavy (non-hydrogen) atoms. The molecule has 0 fully saturated rings. The fourth-order valence-corrected chi connectivity index (χ4v) is 0.876. The van der Waals surface area contributed by atoms with Crippen molar-refractivity contribution < 1.29 is 4.74 Å². The van der Waals surface area contributed by atoms with Crippen molar-refractivity contribution in [3.63, 3.8) is 0 Å². The van der Waals surface area contributed by atoms with Crippen molar-refractivity contribution in [3.05, 3.63) is 23.9 Å². The summed E-state index contributed by atoms with van der Waals surface area (Å²) in [5, 5.41) is 2.94. The van der Waals surface area contributed by atoms with Gasteiger partial charge in [-0.2, -0.15) is 0 Å². The number of hydrogen-bond acceptors (Lipinski definition) is 3. The number of nitrogens with one attached hydrogen (secondary N) is 1. The van der Waals surface area contributed by atoms with Crippen molar-refractivity contribution in [1.29, 1.82) is 0 Å². The number of rotatable bonds is 2. The van der Waals surface area contributed by atoms with Crippen LogP contribution in [0.15, 0.2) is 18.3 Å². The number of methoxy groups -OCH3 is 1. The second kappa shape index (κ2) is 5.18. The summed E-state index contributed by atoms with van der Waals surface area (Å²) in [5.74, 6) is 6.49. The molecular formula is C10H12N2O. The Hall–Kier alpha value is -1.53. The van der Waals surface area contributed by atoms with E-state index in [0.29, 0.717) is 12.4 Å². The molecule has 0 radical (unpaired) electrons. The van der Waals surface area contributed by atoms with Gasteiger partial charge in [0.15, 0.2) is 0 Å². The van der Waals surface area contributed by atoms with E-state index in [1.807, 2.05) is 19.2 Å². The summed E-state index contributed by atoms with van der Waals surface area (Å²) in [5.41, 5.74) is 0.820. The van der Waals surface area contributed by atoms with Gasteiger partial charge < -0.3 is 10.1 Å². The highest BCUT2D eigenvalue weighted by atomic mass is 16.5. The standard InChI is InChI=1S/C10H12N2O/c1-11-7-3-5-9-6-4-8-12-10(9)13-2/h4,6,8,11H,7H2,1-2H3. The molecule has 0 unspecified atom stereocenters. The van der Waals surface area contributed by atoms with E-state index in [9.17, 15) is 0 Å².